The van der Waals surface area contributed by atoms with Crippen molar-refractivity contribution in [3.05, 3.63) is 48.0 Å². The fraction of sp³-hybridized carbons (Fsp3) is 0.438. The topological polar surface area (TPSA) is 49.3 Å². The normalized spacial score (nSPS) is 18.2. The smallest absolute Gasteiger partial charge is 0.224 e. The van der Waals surface area contributed by atoms with Crippen molar-refractivity contribution < 1.29 is 9.90 Å². The molecule has 0 aliphatic heterocycles. The van der Waals surface area contributed by atoms with Crippen LogP contribution in [0.3, 0.4) is 0 Å². The number of hydrogen-bond acceptors (Lipinski definition) is 2. The zero-order valence-electron chi connectivity index (χ0n) is 11.3. The van der Waals surface area contributed by atoms with Crippen LogP contribution >= 0.6 is 0 Å². The number of carbonyl (C=O) groups is 1. The summed E-state index contributed by atoms with van der Waals surface area (Å²) >= 11 is 0. The van der Waals surface area contributed by atoms with Gasteiger partial charge in [-0.2, -0.15) is 0 Å². The number of hydrogen-bond donors (Lipinski definition) is 2. The Labute approximate surface area is 114 Å². The predicted molar refractivity (Wildman–Crippen MR) is 75.6 cm³/mol. The lowest BCUT2D eigenvalue weighted by atomic mass is 10.0. The number of aliphatic hydroxyl groups is 1. The minimum absolute atomic E-state index is 0.0459. The molecule has 0 spiro atoms. The lowest BCUT2D eigenvalue weighted by Crippen LogP contribution is -2.44. The van der Waals surface area contributed by atoms with Crippen molar-refractivity contribution in [1.82, 2.24) is 5.32 Å². The zero-order valence-corrected chi connectivity index (χ0v) is 11.3. The highest BCUT2D eigenvalue weighted by atomic mass is 16.3. The van der Waals surface area contributed by atoms with Gasteiger partial charge in [0.2, 0.25) is 5.91 Å². The van der Waals surface area contributed by atoms with Gasteiger partial charge in [-0.25, -0.2) is 0 Å². The molecule has 3 nitrogen and oxygen atoms in total. The minimum Gasteiger partial charge on any atom is -0.391 e. The maximum atomic E-state index is 12.0. The molecule has 19 heavy (non-hydrogen) atoms. The number of aliphatic hydroxyl groups excluding tert-OH is 1. The summed E-state index contributed by atoms with van der Waals surface area (Å²) in [5.41, 5.74) is 1.08. The van der Waals surface area contributed by atoms with Gasteiger partial charge in [-0.15, -0.1) is 0 Å². The Morgan fingerprint density at radius 3 is 2.58 bits per heavy atom. The highest BCUT2D eigenvalue weighted by Crippen LogP contribution is 2.18. The summed E-state index contributed by atoms with van der Waals surface area (Å²) in [4.78, 5) is 12.0. The van der Waals surface area contributed by atoms with E-state index in [4.69, 9.17) is 0 Å². The molecule has 2 rings (SSSR count). The summed E-state index contributed by atoms with van der Waals surface area (Å²) in [5, 5.41) is 13.0. The molecule has 3 heteroatoms. The number of allylic oxidation sites excluding steroid dienone is 2. The van der Waals surface area contributed by atoms with E-state index in [1.165, 1.54) is 0 Å². The molecule has 2 unspecified atom stereocenters. The Bertz CT molecular complexity index is 433. The molecule has 1 aliphatic rings. The van der Waals surface area contributed by atoms with E-state index in [0.717, 1.165) is 18.4 Å². The van der Waals surface area contributed by atoms with Crippen LogP contribution in [0, 0.1) is 5.92 Å². The second kappa shape index (κ2) is 6.53. The fourth-order valence-corrected chi connectivity index (χ4v) is 2.30. The van der Waals surface area contributed by atoms with Crippen LogP contribution in [0.15, 0.2) is 42.5 Å². The van der Waals surface area contributed by atoms with E-state index in [2.05, 4.69) is 5.32 Å². The van der Waals surface area contributed by atoms with Gasteiger partial charge < -0.3 is 10.4 Å². The Morgan fingerprint density at radius 2 is 1.95 bits per heavy atom. The van der Waals surface area contributed by atoms with Crippen molar-refractivity contribution in [3.8, 4) is 0 Å². The van der Waals surface area contributed by atoms with Crippen molar-refractivity contribution in [2.24, 2.45) is 5.92 Å². The van der Waals surface area contributed by atoms with E-state index < -0.39 is 6.10 Å². The minimum atomic E-state index is -0.555. The fourth-order valence-electron chi connectivity index (χ4n) is 2.30. The molecule has 0 aromatic heterocycles. The van der Waals surface area contributed by atoms with Crippen LogP contribution in [0.5, 0.6) is 0 Å². The molecule has 0 fully saturated rings. The average molecular weight is 259 g/mol. The molecule has 1 aromatic carbocycles. The van der Waals surface area contributed by atoms with E-state index in [9.17, 15) is 9.90 Å². The molecule has 0 bridgehead atoms. The van der Waals surface area contributed by atoms with Crippen molar-refractivity contribution in [3.63, 3.8) is 0 Å². The van der Waals surface area contributed by atoms with Crippen LogP contribution in [-0.4, -0.2) is 23.2 Å². The Balaban J connectivity index is 1.82. The van der Waals surface area contributed by atoms with E-state index in [0.29, 0.717) is 6.42 Å². The van der Waals surface area contributed by atoms with Crippen LogP contribution in [0.2, 0.25) is 0 Å². The van der Waals surface area contributed by atoms with Gasteiger partial charge in [0, 0.05) is 12.3 Å². The average Bonchev–Trinajstić information content (AvgIpc) is 2.93. The van der Waals surface area contributed by atoms with E-state index >= 15 is 0 Å². The molecule has 0 saturated carbocycles. The lowest BCUT2D eigenvalue weighted by Gasteiger charge is -2.22. The molecular formula is C16H21NO2. The summed E-state index contributed by atoms with van der Waals surface area (Å²) in [5.74, 6) is 0.0935. The molecule has 0 heterocycles. The van der Waals surface area contributed by atoms with E-state index in [1.54, 1.807) is 0 Å². The van der Waals surface area contributed by atoms with Gasteiger partial charge in [-0.05, 0) is 25.3 Å². The third-order valence-electron chi connectivity index (χ3n) is 3.61. The molecule has 1 aliphatic carbocycles. The summed E-state index contributed by atoms with van der Waals surface area (Å²) in [7, 11) is 0. The summed E-state index contributed by atoms with van der Waals surface area (Å²) < 4.78 is 0. The second-order valence-electron chi connectivity index (χ2n) is 5.19. The monoisotopic (exact) mass is 259 g/mol. The van der Waals surface area contributed by atoms with E-state index in [-0.39, 0.29) is 17.9 Å². The van der Waals surface area contributed by atoms with Gasteiger partial charge >= 0.3 is 0 Å². The van der Waals surface area contributed by atoms with Gasteiger partial charge in [-0.1, -0.05) is 42.5 Å². The number of benzene rings is 1. The highest BCUT2D eigenvalue weighted by Gasteiger charge is 2.23. The van der Waals surface area contributed by atoms with Crippen LogP contribution in [0.4, 0.5) is 0 Å². The zero-order chi connectivity index (χ0) is 13.7. The van der Waals surface area contributed by atoms with Crippen molar-refractivity contribution in [1.29, 1.82) is 0 Å². The number of carbonyl (C=O) groups excluding carboxylic acids is 1. The third kappa shape index (κ3) is 3.93. The first-order chi connectivity index (χ1) is 9.16. The number of nitrogens with one attached hydrogen (secondary N) is 1. The number of rotatable bonds is 5. The molecule has 0 radical (unpaired) electrons. The third-order valence-corrected chi connectivity index (χ3v) is 3.61. The van der Waals surface area contributed by atoms with Crippen molar-refractivity contribution in [2.75, 3.05) is 0 Å². The van der Waals surface area contributed by atoms with Crippen molar-refractivity contribution >= 4 is 5.91 Å². The van der Waals surface area contributed by atoms with Crippen molar-refractivity contribution in [2.45, 2.75) is 38.3 Å². The Morgan fingerprint density at radius 1 is 1.32 bits per heavy atom. The van der Waals surface area contributed by atoms with Crippen LogP contribution in [0.1, 0.15) is 25.3 Å². The first-order valence-electron chi connectivity index (χ1n) is 6.84. The molecular weight excluding hydrogens is 238 g/mol. The molecule has 102 valence electrons. The van der Waals surface area contributed by atoms with Gasteiger partial charge in [-0.3, -0.25) is 4.79 Å². The molecule has 0 saturated heterocycles. The van der Waals surface area contributed by atoms with Crippen LogP contribution in [0.25, 0.3) is 0 Å². The first-order valence-corrected chi connectivity index (χ1v) is 6.84. The first kappa shape index (κ1) is 13.8. The largest absolute Gasteiger partial charge is 0.391 e. The maximum Gasteiger partial charge on any atom is 0.224 e. The standard InChI is InChI=1S/C16H21NO2/c1-12(17-16(19)14-9-5-6-10-14)15(18)11-13-7-3-2-4-8-13/h2-8,12,14-15,18H,9-11H2,1H3,(H,17,19). The van der Waals surface area contributed by atoms with Gasteiger partial charge in [0.15, 0.2) is 0 Å². The Kier molecular flexibility index (Phi) is 4.74. The quantitative estimate of drug-likeness (QED) is 0.795. The summed E-state index contributed by atoms with van der Waals surface area (Å²) in [6.07, 6.45) is 5.71. The van der Waals surface area contributed by atoms with Gasteiger partial charge in [0.25, 0.3) is 0 Å². The molecule has 2 atom stereocenters. The van der Waals surface area contributed by atoms with Gasteiger partial charge in [0.1, 0.15) is 0 Å². The summed E-state index contributed by atoms with van der Waals surface area (Å²) in [6, 6.07) is 9.60. The number of amides is 1. The van der Waals surface area contributed by atoms with Crippen LogP contribution < -0.4 is 5.32 Å². The van der Waals surface area contributed by atoms with Gasteiger partial charge in [0.05, 0.1) is 12.1 Å². The van der Waals surface area contributed by atoms with E-state index in [1.807, 2.05) is 49.4 Å². The highest BCUT2D eigenvalue weighted by molar-refractivity contribution is 5.79. The maximum absolute atomic E-state index is 12.0. The molecule has 2 N–H and O–H groups in total. The molecule has 1 amide bonds. The summed E-state index contributed by atoms with van der Waals surface area (Å²) in [6.45, 7) is 1.86. The predicted octanol–water partition coefficient (Wildman–Crippen LogP) is 2.06. The second-order valence-corrected chi connectivity index (χ2v) is 5.19. The van der Waals surface area contributed by atoms with Crippen LogP contribution in [-0.2, 0) is 11.2 Å². The lowest BCUT2D eigenvalue weighted by molar-refractivity contribution is -0.126. The molecule has 1 aromatic rings. The SMILES string of the molecule is CC(NC(=O)C1CC=CC1)C(O)Cc1ccccc1. The Hall–Kier alpha value is -1.61.